The fraction of sp³-hybridized carbons (Fsp3) is 0.414. The molecule has 0 amide bonds. The Morgan fingerprint density at radius 2 is 1.32 bits per heavy atom. The van der Waals surface area contributed by atoms with Crippen molar-refractivity contribution in [3.05, 3.63) is 83.6 Å². The number of fused-ring (bicyclic) bond motifs is 2. The SMILES string of the molecule is CC.CC.CN1/C(=C\C=C\C2=[N+](C)c3ccccc3C2(C)C)C(C)(C)c2ccccc21. The highest BCUT2D eigenvalue weighted by Crippen LogP contribution is 2.46. The molecule has 2 aliphatic rings. The van der Waals surface area contributed by atoms with Crippen molar-refractivity contribution < 1.29 is 4.58 Å². The number of para-hydroxylation sites is 2. The van der Waals surface area contributed by atoms with Gasteiger partial charge < -0.3 is 4.90 Å². The summed E-state index contributed by atoms with van der Waals surface area (Å²) in [5.74, 6) is 0. The van der Waals surface area contributed by atoms with Gasteiger partial charge in [-0.25, -0.2) is 0 Å². The first-order valence-electron chi connectivity index (χ1n) is 11.7. The highest BCUT2D eigenvalue weighted by atomic mass is 15.2. The van der Waals surface area contributed by atoms with Crippen molar-refractivity contribution in [2.24, 2.45) is 0 Å². The highest BCUT2D eigenvalue weighted by Gasteiger charge is 2.42. The molecule has 0 aliphatic carbocycles. The van der Waals surface area contributed by atoms with Crippen molar-refractivity contribution >= 4 is 17.1 Å². The second-order valence-electron chi connectivity index (χ2n) is 8.70. The Hall–Kier alpha value is -2.61. The molecule has 0 fully saturated rings. The van der Waals surface area contributed by atoms with Crippen LogP contribution in [-0.2, 0) is 10.8 Å². The summed E-state index contributed by atoms with van der Waals surface area (Å²) in [6.45, 7) is 17.2. The Bertz CT molecular complexity index is 1000. The number of likely N-dealkylation sites (N-methyl/N-ethyl adjacent to an activating group) is 1. The third kappa shape index (κ3) is 4.13. The van der Waals surface area contributed by atoms with E-state index in [1.807, 2.05) is 27.7 Å². The lowest BCUT2D eigenvalue weighted by Crippen LogP contribution is -2.26. The number of nitrogens with zero attached hydrogens (tertiary/aromatic N) is 2. The van der Waals surface area contributed by atoms with Crippen LogP contribution in [0.1, 0.15) is 66.5 Å². The second kappa shape index (κ2) is 9.68. The molecule has 2 aliphatic heterocycles. The van der Waals surface area contributed by atoms with E-state index < -0.39 is 0 Å². The molecule has 4 rings (SSSR count). The van der Waals surface area contributed by atoms with Crippen molar-refractivity contribution in [1.82, 2.24) is 0 Å². The van der Waals surface area contributed by atoms with Crippen LogP contribution in [-0.4, -0.2) is 24.4 Å². The van der Waals surface area contributed by atoms with Crippen LogP contribution in [0.15, 0.2) is 72.5 Å². The van der Waals surface area contributed by atoms with Crippen molar-refractivity contribution in [2.45, 2.75) is 66.2 Å². The van der Waals surface area contributed by atoms with Crippen LogP contribution in [0.3, 0.4) is 0 Å². The number of anilines is 1. The maximum atomic E-state index is 2.32. The van der Waals surface area contributed by atoms with Gasteiger partial charge in [0.2, 0.25) is 5.69 Å². The zero-order chi connectivity index (χ0) is 23.4. The van der Waals surface area contributed by atoms with Gasteiger partial charge in [0, 0.05) is 41.6 Å². The molecule has 2 aromatic rings. The molecular formula is C29H41N2+. The Morgan fingerprint density at radius 1 is 0.774 bits per heavy atom. The van der Waals surface area contributed by atoms with Crippen LogP contribution in [0.5, 0.6) is 0 Å². The van der Waals surface area contributed by atoms with Gasteiger partial charge in [0.15, 0.2) is 5.71 Å². The van der Waals surface area contributed by atoms with E-state index in [0.29, 0.717) is 0 Å². The predicted octanol–water partition coefficient (Wildman–Crippen LogP) is 7.61. The summed E-state index contributed by atoms with van der Waals surface area (Å²) < 4.78 is 2.32. The van der Waals surface area contributed by atoms with E-state index in [9.17, 15) is 0 Å². The lowest BCUT2D eigenvalue weighted by atomic mass is 9.81. The number of rotatable bonds is 2. The molecule has 0 aromatic heterocycles. The molecule has 2 heterocycles. The van der Waals surface area contributed by atoms with E-state index in [4.69, 9.17) is 0 Å². The van der Waals surface area contributed by atoms with Crippen LogP contribution in [0.2, 0.25) is 0 Å². The summed E-state index contributed by atoms with van der Waals surface area (Å²) in [6, 6.07) is 17.4. The molecule has 2 nitrogen and oxygen atoms in total. The van der Waals surface area contributed by atoms with E-state index in [0.717, 1.165) is 0 Å². The van der Waals surface area contributed by atoms with Gasteiger partial charge in [-0.05, 0) is 31.6 Å². The molecule has 0 radical (unpaired) electrons. The third-order valence-corrected chi connectivity index (χ3v) is 6.39. The van der Waals surface area contributed by atoms with Gasteiger partial charge in [0.25, 0.3) is 0 Å². The number of hydrogen-bond acceptors (Lipinski definition) is 1. The van der Waals surface area contributed by atoms with Crippen molar-refractivity contribution in [3.8, 4) is 0 Å². The summed E-state index contributed by atoms with van der Waals surface area (Å²) in [7, 11) is 4.34. The fourth-order valence-corrected chi connectivity index (χ4v) is 4.83. The maximum Gasteiger partial charge on any atom is 0.209 e. The molecular weight excluding hydrogens is 376 g/mol. The third-order valence-electron chi connectivity index (χ3n) is 6.39. The first-order chi connectivity index (χ1) is 14.8. The lowest BCUT2D eigenvalue weighted by Gasteiger charge is -2.23. The maximum absolute atomic E-state index is 2.32. The highest BCUT2D eigenvalue weighted by molar-refractivity contribution is 6.03. The Labute approximate surface area is 190 Å². The van der Waals surface area contributed by atoms with Crippen molar-refractivity contribution in [3.63, 3.8) is 0 Å². The fourth-order valence-electron chi connectivity index (χ4n) is 4.83. The molecule has 166 valence electrons. The zero-order valence-electron chi connectivity index (χ0n) is 21.2. The van der Waals surface area contributed by atoms with Gasteiger partial charge in [-0.15, -0.1) is 0 Å². The quantitative estimate of drug-likeness (QED) is 0.456. The van der Waals surface area contributed by atoms with Crippen LogP contribution in [0, 0.1) is 0 Å². The molecule has 0 N–H and O–H groups in total. The van der Waals surface area contributed by atoms with E-state index >= 15 is 0 Å². The first kappa shape index (κ1) is 24.7. The van der Waals surface area contributed by atoms with Crippen LogP contribution < -0.4 is 4.90 Å². The molecule has 0 atom stereocenters. The van der Waals surface area contributed by atoms with Crippen molar-refractivity contribution in [1.29, 1.82) is 0 Å². The molecule has 31 heavy (non-hydrogen) atoms. The average molecular weight is 418 g/mol. The van der Waals surface area contributed by atoms with Crippen LogP contribution >= 0.6 is 0 Å². The lowest BCUT2D eigenvalue weighted by molar-refractivity contribution is -0.401. The molecule has 2 heteroatoms. The number of allylic oxidation sites excluding steroid dienone is 4. The van der Waals surface area contributed by atoms with Crippen LogP contribution in [0.4, 0.5) is 11.4 Å². The standard InChI is InChI=1S/C25H29N2.2C2H6/c1-24(2)18-12-7-9-14-20(18)26(5)22(24)16-11-17-23-25(3,4)19-13-8-10-15-21(19)27(23)6;2*1-2/h7-17H,1-6H3;2*1-2H3/q+1;;. The van der Waals surface area contributed by atoms with Gasteiger partial charge in [-0.3, -0.25) is 0 Å². The number of hydrogen-bond donors (Lipinski definition) is 0. The van der Waals surface area contributed by atoms with Crippen molar-refractivity contribution in [2.75, 3.05) is 19.0 Å². The van der Waals surface area contributed by atoms with E-state index in [2.05, 4.69) is 118 Å². The normalized spacial score (nSPS) is 18.9. The molecule has 0 bridgehead atoms. The largest absolute Gasteiger partial charge is 0.347 e. The topological polar surface area (TPSA) is 6.25 Å². The molecule has 0 unspecified atom stereocenters. The molecule has 0 saturated heterocycles. The minimum absolute atomic E-state index is 0.0143. The van der Waals surface area contributed by atoms with Gasteiger partial charge in [0.1, 0.15) is 7.05 Å². The van der Waals surface area contributed by atoms with Crippen LogP contribution in [0.25, 0.3) is 0 Å². The average Bonchev–Trinajstić information content (AvgIpc) is 3.11. The van der Waals surface area contributed by atoms with E-state index in [1.165, 1.54) is 33.9 Å². The Balaban J connectivity index is 0.000000807. The first-order valence-corrected chi connectivity index (χ1v) is 11.7. The van der Waals surface area contributed by atoms with E-state index in [1.54, 1.807) is 0 Å². The molecule has 2 aromatic carbocycles. The van der Waals surface area contributed by atoms with Gasteiger partial charge in [0.05, 0.1) is 5.41 Å². The summed E-state index contributed by atoms with van der Waals surface area (Å²) in [6.07, 6.45) is 6.78. The summed E-state index contributed by atoms with van der Waals surface area (Å²) in [4.78, 5) is 2.32. The van der Waals surface area contributed by atoms with Gasteiger partial charge in [-0.1, -0.05) is 84.0 Å². The van der Waals surface area contributed by atoms with Gasteiger partial charge in [-0.2, -0.15) is 4.58 Å². The minimum Gasteiger partial charge on any atom is -0.347 e. The smallest absolute Gasteiger partial charge is 0.209 e. The Morgan fingerprint density at radius 3 is 1.90 bits per heavy atom. The van der Waals surface area contributed by atoms with E-state index in [-0.39, 0.29) is 10.8 Å². The monoisotopic (exact) mass is 417 g/mol. The Kier molecular flexibility index (Phi) is 7.70. The minimum atomic E-state index is 0.0143. The predicted molar refractivity (Wildman–Crippen MR) is 138 cm³/mol. The molecule has 0 saturated carbocycles. The van der Waals surface area contributed by atoms with Gasteiger partial charge >= 0.3 is 0 Å². The summed E-state index contributed by atoms with van der Waals surface area (Å²) in [5.41, 5.74) is 8.09. The summed E-state index contributed by atoms with van der Waals surface area (Å²) >= 11 is 0. The number of benzene rings is 2. The second-order valence-corrected chi connectivity index (χ2v) is 8.70. The zero-order valence-corrected chi connectivity index (χ0v) is 21.2. The molecule has 0 spiro atoms. The summed E-state index contributed by atoms with van der Waals surface area (Å²) in [5, 5.41) is 0.